The molecule has 0 aliphatic carbocycles. The smallest absolute Gasteiger partial charge is 0.226 e. The zero-order chi connectivity index (χ0) is 19.7. The normalized spacial score (nSPS) is 12.8. The summed E-state index contributed by atoms with van der Waals surface area (Å²) >= 11 is 1.37. The molecular formula is C21H20N2O4S. The molecule has 4 rings (SSSR count). The number of anilines is 1. The van der Waals surface area contributed by atoms with Crippen LogP contribution < -0.4 is 14.8 Å². The van der Waals surface area contributed by atoms with Gasteiger partial charge in [0, 0.05) is 30.5 Å². The van der Waals surface area contributed by atoms with E-state index >= 15 is 0 Å². The number of aromatic nitrogens is 1. The van der Waals surface area contributed by atoms with Crippen LogP contribution in [0.15, 0.2) is 30.3 Å². The topological polar surface area (TPSA) is 77.5 Å². The molecule has 0 saturated carbocycles. The van der Waals surface area contributed by atoms with Crippen LogP contribution in [0.25, 0.3) is 10.2 Å². The van der Waals surface area contributed by atoms with Crippen LogP contribution in [0.1, 0.15) is 34.3 Å². The molecule has 0 unspecified atom stereocenters. The van der Waals surface area contributed by atoms with Crippen LogP contribution in [0, 0.1) is 13.8 Å². The van der Waals surface area contributed by atoms with Gasteiger partial charge >= 0.3 is 0 Å². The lowest BCUT2D eigenvalue weighted by molar-refractivity contribution is -0.116. The minimum Gasteiger partial charge on any atom is -0.486 e. The van der Waals surface area contributed by atoms with E-state index in [1.54, 1.807) is 0 Å². The Morgan fingerprint density at radius 1 is 1.04 bits per heavy atom. The van der Waals surface area contributed by atoms with Crippen molar-refractivity contribution in [1.82, 2.24) is 4.98 Å². The van der Waals surface area contributed by atoms with E-state index in [2.05, 4.69) is 10.3 Å². The first-order valence-corrected chi connectivity index (χ1v) is 9.92. The second kappa shape index (κ2) is 7.59. The summed E-state index contributed by atoms with van der Waals surface area (Å²) in [5, 5.41) is 3.28. The number of hydrogen-bond donors (Lipinski definition) is 1. The molecule has 0 fully saturated rings. The number of nitrogens with zero attached hydrogens (tertiary/aromatic N) is 1. The predicted octanol–water partition coefficient (Wildman–Crippen LogP) is 4.29. The van der Waals surface area contributed by atoms with Crippen LogP contribution in [0.3, 0.4) is 0 Å². The fourth-order valence-electron chi connectivity index (χ4n) is 2.99. The van der Waals surface area contributed by atoms with Crippen molar-refractivity contribution in [1.29, 1.82) is 0 Å². The van der Waals surface area contributed by atoms with Crippen molar-refractivity contribution in [2.45, 2.75) is 26.7 Å². The largest absolute Gasteiger partial charge is 0.486 e. The monoisotopic (exact) mass is 396 g/mol. The number of carbonyl (C=O) groups excluding carboxylic acids is 2. The number of aryl methyl sites for hydroxylation is 2. The number of rotatable bonds is 5. The summed E-state index contributed by atoms with van der Waals surface area (Å²) in [6.07, 6.45) is 0.277. The van der Waals surface area contributed by atoms with Crippen molar-refractivity contribution in [2.24, 2.45) is 0 Å². The third-order valence-electron chi connectivity index (χ3n) is 4.71. The summed E-state index contributed by atoms with van der Waals surface area (Å²) in [5.74, 6) is 1.10. The van der Waals surface area contributed by atoms with Gasteiger partial charge in [0.15, 0.2) is 22.4 Å². The minimum absolute atomic E-state index is 0.0375. The van der Waals surface area contributed by atoms with Crippen LogP contribution >= 0.6 is 11.3 Å². The van der Waals surface area contributed by atoms with Crippen LogP contribution in [0.5, 0.6) is 11.5 Å². The summed E-state index contributed by atoms with van der Waals surface area (Å²) in [6, 6.07) is 9.30. The van der Waals surface area contributed by atoms with Crippen molar-refractivity contribution in [2.75, 3.05) is 18.5 Å². The molecule has 0 bridgehead atoms. The highest BCUT2D eigenvalue weighted by Crippen LogP contribution is 2.37. The minimum atomic E-state index is -0.228. The maximum absolute atomic E-state index is 12.3. The lowest BCUT2D eigenvalue weighted by Crippen LogP contribution is -2.15. The second-order valence-corrected chi connectivity index (χ2v) is 7.78. The van der Waals surface area contributed by atoms with Gasteiger partial charge in [-0.05, 0) is 31.0 Å². The molecule has 1 aromatic heterocycles. The van der Waals surface area contributed by atoms with Gasteiger partial charge in [0.25, 0.3) is 0 Å². The molecule has 1 aliphatic rings. The van der Waals surface area contributed by atoms with Crippen molar-refractivity contribution in [3.05, 3.63) is 47.0 Å². The van der Waals surface area contributed by atoms with E-state index in [1.165, 1.54) is 11.3 Å². The van der Waals surface area contributed by atoms with Crippen LogP contribution in [-0.4, -0.2) is 29.9 Å². The van der Waals surface area contributed by atoms with Crippen molar-refractivity contribution in [3.63, 3.8) is 0 Å². The average molecular weight is 396 g/mol. The molecule has 1 amide bonds. The van der Waals surface area contributed by atoms with E-state index in [0.29, 0.717) is 35.4 Å². The molecule has 1 N–H and O–H groups in total. The van der Waals surface area contributed by atoms with Gasteiger partial charge in [-0.2, -0.15) is 0 Å². The van der Waals surface area contributed by atoms with Gasteiger partial charge in [-0.1, -0.05) is 23.5 Å². The first-order chi connectivity index (χ1) is 13.5. The lowest BCUT2D eigenvalue weighted by Gasteiger charge is -2.17. The van der Waals surface area contributed by atoms with Gasteiger partial charge in [0.2, 0.25) is 5.91 Å². The number of nitrogens with one attached hydrogen (secondary N) is 1. The van der Waals surface area contributed by atoms with E-state index in [-0.39, 0.29) is 24.5 Å². The third kappa shape index (κ3) is 3.84. The molecule has 6 nitrogen and oxygen atoms in total. The molecule has 0 saturated heterocycles. The summed E-state index contributed by atoms with van der Waals surface area (Å²) in [6.45, 7) is 5.01. The Kier molecular flexibility index (Phi) is 5.00. The summed E-state index contributed by atoms with van der Waals surface area (Å²) in [4.78, 5) is 29.0. The van der Waals surface area contributed by atoms with Crippen LogP contribution in [-0.2, 0) is 4.79 Å². The molecular weight excluding hydrogens is 376 g/mol. The van der Waals surface area contributed by atoms with E-state index in [0.717, 1.165) is 21.3 Å². The molecule has 0 spiro atoms. The predicted molar refractivity (Wildman–Crippen MR) is 109 cm³/mol. The molecule has 2 aromatic carbocycles. The van der Waals surface area contributed by atoms with E-state index < -0.39 is 0 Å². The molecule has 0 radical (unpaired) electrons. The Labute approximate surface area is 166 Å². The Bertz CT molecular complexity index is 1030. The Morgan fingerprint density at radius 2 is 1.79 bits per heavy atom. The van der Waals surface area contributed by atoms with Gasteiger partial charge < -0.3 is 14.8 Å². The van der Waals surface area contributed by atoms with Crippen LogP contribution in [0.2, 0.25) is 0 Å². The quantitative estimate of drug-likeness (QED) is 0.651. The van der Waals surface area contributed by atoms with Gasteiger partial charge in [0.1, 0.15) is 13.2 Å². The number of fused-ring (bicyclic) bond motifs is 2. The maximum atomic E-state index is 12.3. The number of hydrogen-bond acceptors (Lipinski definition) is 6. The first kappa shape index (κ1) is 18.4. The van der Waals surface area contributed by atoms with Gasteiger partial charge in [0.05, 0.1) is 10.2 Å². The van der Waals surface area contributed by atoms with Gasteiger partial charge in [-0.15, -0.1) is 0 Å². The third-order valence-corrected chi connectivity index (χ3v) is 5.64. The number of thiazole rings is 1. The van der Waals surface area contributed by atoms with E-state index in [9.17, 15) is 9.59 Å². The van der Waals surface area contributed by atoms with Gasteiger partial charge in [-0.25, -0.2) is 4.98 Å². The van der Waals surface area contributed by atoms with Crippen molar-refractivity contribution < 1.29 is 19.1 Å². The molecule has 144 valence electrons. The first-order valence-electron chi connectivity index (χ1n) is 9.10. The zero-order valence-corrected chi connectivity index (χ0v) is 16.5. The number of carbonyl (C=O) groups is 2. The number of amides is 1. The Morgan fingerprint density at radius 3 is 2.54 bits per heavy atom. The fraction of sp³-hybridized carbons (Fsp3) is 0.286. The van der Waals surface area contributed by atoms with Crippen molar-refractivity contribution in [3.8, 4) is 11.5 Å². The lowest BCUT2D eigenvalue weighted by atomic mass is 10.0. The molecule has 1 aliphatic heterocycles. The fourth-order valence-corrected chi connectivity index (χ4v) is 3.88. The summed E-state index contributed by atoms with van der Waals surface area (Å²) < 4.78 is 12.0. The number of ketones is 1. The maximum Gasteiger partial charge on any atom is 0.226 e. The van der Waals surface area contributed by atoms with Gasteiger partial charge in [-0.3, -0.25) is 9.59 Å². The average Bonchev–Trinajstić information content (AvgIpc) is 3.07. The standard InChI is InChI=1S/C21H20N2O4S/c1-12-3-4-14(9-13(12)2)16(24)5-6-20(25)23-21-22-15-10-17-18(11-19(15)28-21)27-8-7-26-17/h3-4,9-11H,5-8H2,1-2H3,(H,22,23,25). The highest BCUT2D eigenvalue weighted by molar-refractivity contribution is 7.22. The Hall–Kier alpha value is -2.93. The zero-order valence-electron chi connectivity index (χ0n) is 15.7. The van der Waals surface area contributed by atoms with Crippen molar-refractivity contribution >= 4 is 38.4 Å². The number of ether oxygens (including phenoxy) is 2. The highest BCUT2D eigenvalue weighted by Gasteiger charge is 2.16. The second-order valence-electron chi connectivity index (χ2n) is 6.75. The Balaban J connectivity index is 1.39. The van der Waals surface area contributed by atoms with Crippen LogP contribution in [0.4, 0.5) is 5.13 Å². The summed E-state index contributed by atoms with van der Waals surface area (Å²) in [5.41, 5.74) is 3.60. The molecule has 2 heterocycles. The SMILES string of the molecule is Cc1ccc(C(=O)CCC(=O)Nc2nc3cc4c(cc3s2)OCCO4)cc1C. The molecule has 0 atom stereocenters. The van der Waals surface area contributed by atoms with E-state index in [4.69, 9.17) is 9.47 Å². The molecule has 7 heteroatoms. The highest BCUT2D eigenvalue weighted by atomic mass is 32.1. The summed E-state index contributed by atoms with van der Waals surface area (Å²) in [7, 11) is 0. The molecule has 3 aromatic rings. The molecule has 28 heavy (non-hydrogen) atoms. The number of Topliss-reactive ketones (excluding diaryl/α,β-unsaturated/α-hetero) is 1. The number of benzene rings is 2. The van der Waals surface area contributed by atoms with E-state index in [1.807, 2.05) is 44.2 Å².